The number of rotatable bonds is 4. The fourth-order valence-corrected chi connectivity index (χ4v) is 1.59. The molecule has 0 saturated carbocycles. The van der Waals surface area contributed by atoms with Crippen LogP contribution in [0.4, 0.5) is 18.9 Å². The number of hydrogen-bond donors (Lipinski definition) is 1. The van der Waals surface area contributed by atoms with Gasteiger partial charge in [-0.05, 0) is 18.1 Å². The van der Waals surface area contributed by atoms with E-state index in [0.717, 1.165) is 4.90 Å². The Kier molecular flexibility index (Phi) is 4.58. The highest BCUT2D eigenvalue weighted by molar-refractivity contribution is 5.82. The number of hydrogen-bond acceptors (Lipinski definition) is 2. The Morgan fingerprint density at radius 1 is 1.33 bits per heavy atom. The molecule has 0 fully saturated rings. The standard InChI is InChI=1S/C12H15F3N2O/c1-2-7-17(11(18)12(13,14)15)8-9-5-3-4-6-10(9)16/h3-6H,2,7-8,16H2,1H3. The molecule has 1 aromatic carbocycles. The van der Waals surface area contributed by atoms with E-state index in [1.54, 1.807) is 31.2 Å². The van der Waals surface area contributed by atoms with Crippen molar-refractivity contribution in [2.24, 2.45) is 0 Å². The number of benzene rings is 1. The largest absolute Gasteiger partial charge is 0.471 e. The zero-order valence-electron chi connectivity index (χ0n) is 10.00. The summed E-state index contributed by atoms with van der Waals surface area (Å²) in [6.45, 7) is 1.64. The average molecular weight is 260 g/mol. The maximum Gasteiger partial charge on any atom is 0.471 e. The number of nitrogens with two attached hydrogens (primary N) is 1. The first-order valence-electron chi connectivity index (χ1n) is 5.55. The molecule has 0 aliphatic carbocycles. The zero-order chi connectivity index (χ0) is 13.8. The van der Waals surface area contributed by atoms with Crippen molar-refractivity contribution in [1.29, 1.82) is 0 Å². The number of carbonyl (C=O) groups is 1. The number of halogens is 3. The molecule has 6 heteroatoms. The van der Waals surface area contributed by atoms with E-state index in [1.165, 1.54) is 0 Å². The van der Waals surface area contributed by atoms with E-state index in [9.17, 15) is 18.0 Å². The van der Waals surface area contributed by atoms with E-state index in [2.05, 4.69) is 0 Å². The van der Waals surface area contributed by atoms with Gasteiger partial charge in [-0.3, -0.25) is 4.79 Å². The van der Waals surface area contributed by atoms with Gasteiger partial charge in [0.1, 0.15) is 0 Å². The van der Waals surface area contributed by atoms with E-state index >= 15 is 0 Å². The number of amides is 1. The molecule has 1 amide bonds. The van der Waals surface area contributed by atoms with Crippen LogP contribution in [0.15, 0.2) is 24.3 Å². The van der Waals surface area contributed by atoms with Crippen molar-refractivity contribution in [1.82, 2.24) is 4.90 Å². The van der Waals surface area contributed by atoms with Crippen LogP contribution in [0.25, 0.3) is 0 Å². The summed E-state index contributed by atoms with van der Waals surface area (Å²) in [6.07, 6.45) is -4.40. The van der Waals surface area contributed by atoms with E-state index in [-0.39, 0.29) is 13.1 Å². The predicted molar refractivity (Wildman–Crippen MR) is 62.6 cm³/mol. The van der Waals surface area contributed by atoms with Gasteiger partial charge in [-0.15, -0.1) is 0 Å². The molecule has 1 rings (SSSR count). The molecule has 0 aliphatic heterocycles. The Bertz CT molecular complexity index is 418. The van der Waals surface area contributed by atoms with E-state index in [0.29, 0.717) is 17.7 Å². The molecule has 0 bridgehead atoms. The van der Waals surface area contributed by atoms with Crippen LogP contribution < -0.4 is 5.73 Å². The third-order valence-corrected chi connectivity index (χ3v) is 2.44. The predicted octanol–water partition coefficient (Wildman–Crippen LogP) is 2.57. The molecule has 1 aromatic rings. The minimum atomic E-state index is -4.85. The quantitative estimate of drug-likeness (QED) is 0.846. The Hall–Kier alpha value is -1.72. The highest BCUT2D eigenvalue weighted by Crippen LogP contribution is 2.21. The summed E-state index contributed by atoms with van der Waals surface area (Å²) >= 11 is 0. The van der Waals surface area contributed by atoms with Gasteiger partial charge in [0, 0.05) is 18.8 Å². The van der Waals surface area contributed by atoms with Crippen molar-refractivity contribution < 1.29 is 18.0 Å². The molecule has 0 aliphatic rings. The summed E-state index contributed by atoms with van der Waals surface area (Å²) in [4.78, 5) is 12.0. The molecule has 0 radical (unpaired) electrons. The fourth-order valence-electron chi connectivity index (χ4n) is 1.59. The zero-order valence-corrected chi connectivity index (χ0v) is 10.00. The second kappa shape index (κ2) is 5.75. The Morgan fingerprint density at radius 3 is 2.44 bits per heavy atom. The van der Waals surface area contributed by atoms with Crippen LogP contribution in [-0.4, -0.2) is 23.5 Å². The molecule has 0 atom stereocenters. The Balaban J connectivity index is 2.88. The summed E-state index contributed by atoms with van der Waals surface area (Å²) in [6, 6.07) is 6.57. The number of anilines is 1. The molecule has 3 nitrogen and oxygen atoms in total. The van der Waals surface area contributed by atoms with Gasteiger partial charge < -0.3 is 10.6 Å². The van der Waals surface area contributed by atoms with Gasteiger partial charge >= 0.3 is 12.1 Å². The number of alkyl halides is 3. The lowest BCUT2D eigenvalue weighted by Gasteiger charge is -2.23. The number of para-hydroxylation sites is 1. The maximum atomic E-state index is 12.4. The van der Waals surface area contributed by atoms with Crippen LogP contribution in [0.1, 0.15) is 18.9 Å². The summed E-state index contributed by atoms with van der Waals surface area (Å²) in [5.41, 5.74) is 6.56. The van der Waals surface area contributed by atoms with Crippen molar-refractivity contribution >= 4 is 11.6 Å². The fraction of sp³-hybridized carbons (Fsp3) is 0.417. The van der Waals surface area contributed by atoms with Crippen LogP contribution in [-0.2, 0) is 11.3 Å². The second-order valence-electron chi connectivity index (χ2n) is 3.92. The highest BCUT2D eigenvalue weighted by atomic mass is 19.4. The lowest BCUT2D eigenvalue weighted by molar-refractivity contribution is -0.186. The van der Waals surface area contributed by atoms with E-state index in [1.807, 2.05) is 0 Å². The highest BCUT2D eigenvalue weighted by Gasteiger charge is 2.42. The van der Waals surface area contributed by atoms with Gasteiger partial charge in [-0.1, -0.05) is 25.1 Å². The molecular formula is C12H15F3N2O. The van der Waals surface area contributed by atoms with Gasteiger partial charge in [0.05, 0.1) is 0 Å². The molecular weight excluding hydrogens is 245 g/mol. The van der Waals surface area contributed by atoms with Gasteiger partial charge in [0.15, 0.2) is 0 Å². The number of nitrogens with zero attached hydrogens (tertiary/aromatic N) is 1. The topological polar surface area (TPSA) is 46.3 Å². The molecule has 0 unspecified atom stereocenters. The van der Waals surface area contributed by atoms with Crippen LogP contribution in [0.3, 0.4) is 0 Å². The van der Waals surface area contributed by atoms with Crippen LogP contribution in [0.2, 0.25) is 0 Å². The Morgan fingerprint density at radius 2 is 1.94 bits per heavy atom. The first-order valence-corrected chi connectivity index (χ1v) is 5.55. The molecule has 0 saturated heterocycles. The number of nitrogen functional groups attached to an aromatic ring is 1. The third-order valence-electron chi connectivity index (χ3n) is 2.44. The van der Waals surface area contributed by atoms with Crippen molar-refractivity contribution in [3.8, 4) is 0 Å². The van der Waals surface area contributed by atoms with Gasteiger partial charge in [0.2, 0.25) is 0 Å². The molecule has 18 heavy (non-hydrogen) atoms. The van der Waals surface area contributed by atoms with Crippen molar-refractivity contribution in [2.45, 2.75) is 26.1 Å². The van der Waals surface area contributed by atoms with Crippen LogP contribution >= 0.6 is 0 Å². The first kappa shape index (κ1) is 14.3. The smallest absolute Gasteiger partial charge is 0.398 e. The monoisotopic (exact) mass is 260 g/mol. The summed E-state index contributed by atoms with van der Waals surface area (Å²) in [7, 11) is 0. The summed E-state index contributed by atoms with van der Waals surface area (Å²) in [5, 5.41) is 0. The van der Waals surface area contributed by atoms with Gasteiger partial charge in [0.25, 0.3) is 0 Å². The van der Waals surface area contributed by atoms with Crippen LogP contribution in [0, 0.1) is 0 Å². The molecule has 0 heterocycles. The summed E-state index contributed by atoms with van der Waals surface area (Å²) in [5.74, 6) is -1.83. The van der Waals surface area contributed by atoms with Crippen LogP contribution in [0.5, 0.6) is 0 Å². The first-order chi connectivity index (χ1) is 8.36. The SMILES string of the molecule is CCCN(Cc1ccccc1N)C(=O)C(F)(F)F. The third kappa shape index (κ3) is 3.65. The second-order valence-corrected chi connectivity index (χ2v) is 3.92. The summed E-state index contributed by atoms with van der Waals surface area (Å²) < 4.78 is 37.2. The molecule has 0 aromatic heterocycles. The number of carbonyl (C=O) groups excluding carboxylic acids is 1. The normalized spacial score (nSPS) is 11.3. The van der Waals surface area contributed by atoms with E-state index < -0.39 is 12.1 Å². The molecule has 0 spiro atoms. The van der Waals surface area contributed by atoms with Gasteiger partial charge in [-0.2, -0.15) is 13.2 Å². The lowest BCUT2D eigenvalue weighted by Crippen LogP contribution is -2.41. The minimum Gasteiger partial charge on any atom is -0.398 e. The molecule has 100 valence electrons. The lowest BCUT2D eigenvalue weighted by atomic mass is 10.1. The molecule has 2 N–H and O–H groups in total. The average Bonchev–Trinajstić information content (AvgIpc) is 2.29. The minimum absolute atomic E-state index is 0.0483. The maximum absolute atomic E-state index is 12.4. The van der Waals surface area contributed by atoms with Gasteiger partial charge in [-0.25, -0.2) is 0 Å². The van der Waals surface area contributed by atoms with Crippen molar-refractivity contribution in [3.05, 3.63) is 29.8 Å². The Labute approximate surface area is 103 Å². The van der Waals surface area contributed by atoms with Crippen molar-refractivity contribution in [2.75, 3.05) is 12.3 Å². The van der Waals surface area contributed by atoms with E-state index in [4.69, 9.17) is 5.73 Å². The van der Waals surface area contributed by atoms with Crippen molar-refractivity contribution in [3.63, 3.8) is 0 Å².